The first-order chi connectivity index (χ1) is 6.55. The number of sulfone groups is 1. The minimum absolute atomic E-state index is 0.278. The smallest absolute Gasteiger partial charge is 0.155 e. The molecule has 1 saturated heterocycles. The highest BCUT2D eigenvalue weighted by molar-refractivity contribution is 7.92. The molecule has 1 aliphatic carbocycles. The van der Waals surface area contributed by atoms with Crippen molar-refractivity contribution in [1.29, 1.82) is 0 Å². The van der Waals surface area contributed by atoms with Gasteiger partial charge in [-0.3, -0.25) is 0 Å². The molecule has 0 radical (unpaired) electrons. The zero-order valence-electron chi connectivity index (χ0n) is 8.41. The highest BCUT2D eigenvalue weighted by Crippen LogP contribution is 2.39. The summed E-state index contributed by atoms with van der Waals surface area (Å²) >= 11 is 0. The molecule has 2 aliphatic rings. The van der Waals surface area contributed by atoms with Crippen LogP contribution >= 0.6 is 0 Å². The van der Waals surface area contributed by atoms with E-state index in [1.54, 1.807) is 0 Å². The van der Waals surface area contributed by atoms with Crippen LogP contribution in [0, 0.1) is 0 Å². The minimum Gasteiger partial charge on any atom is -0.389 e. The third-order valence-electron chi connectivity index (χ3n) is 3.65. The van der Waals surface area contributed by atoms with E-state index in [4.69, 9.17) is 0 Å². The predicted molar refractivity (Wildman–Crippen MR) is 54.8 cm³/mol. The van der Waals surface area contributed by atoms with Crippen LogP contribution in [-0.2, 0) is 9.84 Å². The normalized spacial score (nSPS) is 35.6. The van der Waals surface area contributed by atoms with Crippen LogP contribution in [0.25, 0.3) is 0 Å². The van der Waals surface area contributed by atoms with E-state index in [0.717, 1.165) is 25.7 Å². The highest BCUT2D eigenvalue weighted by Gasteiger charge is 2.46. The standard InChI is InChI=1S/C10H18O3S/c11-10(6-2-3-7-10)9-5-1-4-8-14(9,12)13/h9,11H,1-8H2. The van der Waals surface area contributed by atoms with Gasteiger partial charge in [0, 0.05) is 0 Å². The number of aliphatic hydroxyl groups is 1. The highest BCUT2D eigenvalue weighted by atomic mass is 32.2. The largest absolute Gasteiger partial charge is 0.389 e. The van der Waals surface area contributed by atoms with Crippen LogP contribution in [0.4, 0.5) is 0 Å². The Kier molecular flexibility index (Phi) is 2.60. The Balaban J connectivity index is 2.23. The monoisotopic (exact) mass is 218 g/mol. The number of hydrogen-bond acceptors (Lipinski definition) is 3. The molecule has 1 saturated carbocycles. The lowest BCUT2D eigenvalue weighted by molar-refractivity contribution is 0.0387. The van der Waals surface area contributed by atoms with Crippen LogP contribution in [0.5, 0.6) is 0 Å². The average molecular weight is 218 g/mol. The van der Waals surface area contributed by atoms with Crippen molar-refractivity contribution in [2.75, 3.05) is 5.75 Å². The van der Waals surface area contributed by atoms with Crippen LogP contribution in [0.3, 0.4) is 0 Å². The molecule has 1 atom stereocenters. The predicted octanol–water partition coefficient (Wildman–Crippen LogP) is 1.26. The Hall–Kier alpha value is -0.0900. The maximum atomic E-state index is 11.8. The van der Waals surface area contributed by atoms with Gasteiger partial charge in [-0.15, -0.1) is 0 Å². The fourth-order valence-electron chi connectivity index (χ4n) is 2.87. The third-order valence-corrected chi connectivity index (χ3v) is 6.05. The van der Waals surface area contributed by atoms with Gasteiger partial charge in [0.05, 0.1) is 16.6 Å². The summed E-state index contributed by atoms with van der Waals surface area (Å²) in [7, 11) is -3.02. The van der Waals surface area contributed by atoms with Gasteiger partial charge in [-0.25, -0.2) is 8.42 Å². The average Bonchev–Trinajstić information content (AvgIpc) is 2.52. The topological polar surface area (TPSA) is 54.4 Å². The molecule has 1 heterocycles. The molecule has 0 spiro atoms. The Morgan fingerprint density at radius 1 is 1.07 bits per heavy atom. The van der Waals surface area contributed by atoms with Gasteiger partial charge in [0.15, 0.2) is 9.84 Å². The van der Waals surface area contributed by atoms with E-state index in [2.05, 4.69) is 0 Å². The van der Waals surface area contributed by atoms with Crippen molar-refractivity contribution in [3.05, 3.63) is 0 Å². The van der Waals surface area contributed by atoms with E-state index >= 15 is 0 Å². The van der Waals surface area contributed by atoms with Gasteiger partial charge in [0.1, 0.15) is 0 Å². The maximum Gasteiger partial charge on any atom is 0.155 e. The molecule has 2 rings (SSSR count). The molecule has 0 aromatic carbocycles. The third kappa shape index (κ3) is 1.70. The van der Waals surface area contributed by atoms with Gasteiger partial charge >= 0.3 is 0 Å². The molecule has 0 amide bonds. The molecule has 2 fully saturated rings. The molecule has 1 aliphatic heterocycles. The molecule has 1 N–H and O–H groups in total. The molecule has 3 nitrogen and oxygen atoms in total. The Labute approximate surface area is 85.4 Å². The Morgan fingerprint density at radius 2 is 1.71 bits per heavy atom. The van der Waals surface area contributed by atoms with Crippen LogP contribution in [0.2, 0.25) is 0 Å². The molecule has 0 aromatic heterocycles. The zero-order chi connectivity index (χ0) is 10.2. The van der Waals surface area contributed by atoms with E-state index in [0.29, 0.717) is 19.3 Å². The quantitative estimate of drug-likeness (QED) is 0.721. The Bertz CT molecular complexity index is 301. The van der Waals surface area contributed by atoms with Gasteiger partial charge in [0.25, 0.3) is 0 Å². The van der Waals surface area contributed by atoms with E-state index in [1.165, 1.54) is 0 Å². The fraction of sp³-hybridized carbons (Fsp3) is 1.00. The van der Waals surface area contributed by atoms with Crippen LogP contribution in [0.15, 0.2) is 0 Å². The summed E-state index contributed by atoms with van der Waals surface area (Å²) in [5.41, 5.74) is -0.890. The summed E-state index contributed by atoms with van der Waals surface area (Å²) in [5.74, 6) is 0.278. The van der Waals surface area contributed by atoms with Crippen molar-refractivity contribution in [2.24, 2.45) is 0 Å². The summed E-state index contributed by atoms with van der Waals surface area (Å²) in [5, 5.41) is 9.81. The second-order valence-electron chi connectivity index (χ2n) is 4.66. The second kappa shape index (κ2) is 3.49. The summed E-state index contributed by atoms with van der Waals surface area (Å²) in [6.45, 7) is 0. The van der Waals surface area contributed by atoms with E-state index in [-0.39, 0.29) is 5.75 Å². The first kappa shape index (κ1) is 10.4. The van der Waals surface area contributed by atoms with E-state index < -0.39 is 20.7 Å². The first-order valence-corrected chi connectivity index (χ1v) is 7.20. The van der Waals surface area contributed by atoms with Crippen molar-refractivity contribution in [3.63, 3.8) is 0 Å². The van der Waals surface area contributed by atoms with Crippen LogP contribution < -0.4 is 0 Å². The molecule has 4 heteroatoms. The van der Waals surface area contributed by atoms with Gasteiger partial charge < -0.3 is 5.11 Å². The number of hydrogen-bond donors (Lipinski definition) is 1. The molecule has 0 aromatic rings. The lowest BCUT2D eigenvalue weighted by atomic mass is 9.93. The second-order valence-corrected chi connectivity index (χ2v) is 6.97. The SMILES string of the molecule is O=S1(=O)CCCCC1C1(O)CCCC1. The van der Waals surface area contributed by atoms with Crippen molar-refractivity contribution < 1.29 is 13.5 Å². The van der Waals surface area contributed by atoms with E-state index in [1.807, 2.05) is 0 Å². The minimum atomic E-state index is -3.02. The van der Waals surface area contributed by atoms with E-state index in [9.17, 15) is 13.5 Å². The van der Waals surface area contributed by atoms with Gasteiger partial charge in [-0.05, 0) is 25.7 Å². The first-order valence-electron chi connectivity index (χ1n) is 5.49. The maximum absolute atomic E-state index is 11.8. The van der Waals surface area contributed by atoms with Crippen molar-refractivity contribution in [3.8, 4) is 0 Å². The molecular weight excluding hydrogens is 200 g/mol. The Morgan fingerprint density at radius 3 is 2.29 bits per heavy atom. The van der Waals surface area contributed by atoms with Crippen LogP contribution in [0.1, 0.15) is 44.9 Å². The summed E-state index contributed by atoms with van der Waals surface area (Å²) < 4.78 is 23.6. The summed E-state index contributed by atoms with van der Waals surface area (Å²) in [6.07, 6.45) is 5.69. The molecule has 14 heavy (non-hydrogen) atoms. The summed E-state index contributed by atoms with van der Waals surface area (Å²) in [6, 6.07) is 0. The molecule has 1 unspecified atom stereocenters. The zero-order valence-corrected chi connectivity index (χ0v) is 9.22. The molecular formula is C10H18O3S. The lowest BCUT2D eigenvalue weighted by Crippen LogP contribution is -2.47. The van der Waals surface area contributed by atoms with Gasteiger partial charge in [0.2, 0.25) is 0 Å². The van der Waals surface area contributed by atoms with Gasteiger partial charge in [-0.2, -0.15) is 0 Å². The molecule has 82 valence electrons. The summed E-state index contributed by atoms with van der Waals surface area (Å²) in [4.78, 5) is 0. The van der Waals surface area contributed by atoms with Gasteiger partial charge in [-0.1, -0.05) is 19.3 Å². The lowest BCUT2D eigenvalue weighted by Gasteiger charge is -2.34. The van der Waals surface area contributed by atoms with Crippen molar-refractivity contribution in [1.82, 2.24) is 0 Å². The molecule has 0 bridgehead atoms. The van der Waals surface area contributed by atoms with Crippen molar-refractivity contribution >= 4 is 9.84 Å². The fourth-order valence-corrected chi connectivity index (χ4v) is 5.19. The number of rotatable bonds is 1. The van der Waals surface area contributed by atoms with Crippen LogP contribution in [-0.4, -0.2) is 30.1 Å². The van der Waals surface area contributed by atoms with Crippen molar-refractivity contribution in [2.45, 2.75) is 55.8 Å².